The molecule has 1 amide bonds. The number of Topliss-reactive ketones (excluding diaryl/α,β-unsaturated/α-hetero) is 1. The number of nitrogens with one attached hydrogen (secondary N) is 2. The normalized spacial score (nSPS) is 18.0. The number of benzene rings is 2. The first kappa shape index (κ1) is 38.0. The van der Waals surface area contributed by atoms with E-state index in [9.17, 15) is 44.0 Å². The molecule has 11 nitrogen and oxygen atoms in total. The van der Waals surface area contributed by atoms with E-state index in [1.54, 1.807) is 12.1 Å². The molecule has 2 heterocycles. The minimum absolute atomic E-state index is 0.0116. The monoisotopic (exact) mass is 727 g/mol. The Labute approximate surface area is 282 Å². The third-order valence-corrected chi connectivity index (χ3v) is 10.3. The Balaban J connectivity index is 1.52. The molecule has 1 aliphatic heterocycles. The zero-order valence-corrected chi connectivity index (χ0v) is 28.3. The Hall–Kier alpha value is -3.77. The van der Waals surface area contributed by atoms with Gasteiger partial charge in [0.15, 0.2) is 10.8 Å². The van der Waals surface area contributed by atoms with Gasteiger partial charge in [-0.3, -0.25) is 14.9 Å². The second kappa shape index (κ2) is 15.0. The zero-order valence-electron chi connectivity index (χ0n) is 26.7. The van der Waals surface area contributed by atoms with Crippen molar-refractivity contribution in [2.24, 2.45) is 5.14 Å². The fourth-order valence-electron chi connectivity index (χ4n) is 5.45. The number of carbonyl (C=O) groups is 2. The van der Waals surface area contributed by atoms with Crippen LogP contribution in [0.2, 0.25) is 0 Å². The van der Waals surface area contributed by atoms with Gasteiger partial charge in [-0.05, 0) is 61.1 Å². The molecule has 3 aromatic rings. The number of halogens is 4. The van der Waals surface area contributed by atoms with Crippen LogP contribution in [-0.2, 0) is 35.4 Å². The maximum atomic E-state index is 14.9. The van der Waals surface area contributed by atoms with Crippen LogP contribution in [0.25, 0.3) is 11.1 Å². The van der Waals surface area contributed by atoms with Gasteiger partial charge in [0.25, 0.3) is 10.0 Å². The highest BCUT2D eigenvalue weighted by Crippen LogP contribution is 2.35. The Bertz CT molecular complexity index is 1840. The lowest BCUT2D eigenvalue weighted by Crippen LogP contribution is -2.54. The largest absolute Gasteiger partial charge is 0.407 e. The fraction of sp³-hybridized carbons (Fsp3) is 0.406. The predicted octanol–water partition coefficient (Wildman–Crippen LogP) is 3.78. The first-order chi connectivity index (χ1) is 22.7. The topological polar surface area (TPSA) is 169 Å². The smallest absolute Gasteiger partial charge is 0.345 e. The minimum atomic E-state index is -4.92. The summed E-state index contributed by atoms with van der Waals surface area (Å²) in [5, 5.41) is 9.50. The van der Waals surface area contributed by atoms with E-state index in [2.05, 4.69) is 15.6 Å². The SMILES string of the molecule is CC(C)(F)CC(N[C@@H](c1ccc(-c2ccc(CS(N)(=O)=O)cc2)cc1)C(F)(F)F)C(=O)NC1CCCN(S(=O)(=O)c2ccccn2)CC1=O. The quantitative estimate of drug-likeness (QED) is 0.237. The number of primary sulfonamides is 1. The number of ketones is 1. The average Bonchev–Trinajstić information content (AvgIpc) is 3.19. The van der Waals surface area contributed by atoms with Crippen LogP contribution in [-0.4, -0.2) is 74.8 Å². The van der Waals surface area contributed by atoms with Crippen LogP contribution < -0.4 is 15.8 Å². The first-order valence-corrected chi connectivity index (χ1v) is 18.3. The van der Waals surface area contributed by atoms with E-state index in [1.807, 2.05) is 0 Å². The summed E-state index contributed by atoms with van der Waals surface area (Å²) in [5.74, 6) is -2.10. The maximum absolute atomic E-state index is 14.9. The average molecular weight is 728 g/mol. The van der Waals surface area contributed by atoms with Crippen LogP contribution in [0, 0.1) is 0 Å². The lowest BCUT2D eigenvalue weighted by atomic mass is 9.96. The van der Waals surface area contributed by atoms with Crippen molar-refractivity contribution in [3.8, 4) is 11.1 Å². The second-order valence-corrected chi connectivity index (χ2v) is 15.9. The summed E-state index contributed by atoms with van der Waals surface area (Å²) < 4.78 is 108. The molecular formula is C32H37F4N5O6S2. The van der Waals surface area contributed by atoms with Gasteiger partial charge in [0.05, 0.1) is 24.4 Å². The summed E-state index contributed by atoms with van der Waals surface area (Å²) in [6.07, 6.45) is -4.14. The first-order valence-electron chi connectivity index (χ1n) is 15.2. The number of aromatic nitrogens is 1. The molecule has 0 spiro atoms. The number of nitrogens with two attached hydrogens (primary N) is 1. The molecule has 17 heteroatoms. The molecule has 2 aromatic carbocycles. The van der Waals surface area contributed by atoms with Crippen molar-refractivity contribution in [1.82, 2.24) is 19.9 Å². The number of alkyl halides is 4. The van der Waals surface area contributed by atoms with Gasteiger partial charge in [0, 0.05) is 19.2 Å². The number of hydrogen-bond donors (Lipinski definition) is 3. The highest BCUT2D eigenvalue weighted by Gasteiger charge is 2.44. The highest BCUT2D eigenvalue weighted by molar-refractivity contribution is 7.89. The molecule has 4 N–H and O–H groups in total. The van der Waals surface area contributed by atoms with Crippen molar-refractivity contribution in [3.05, 3.63) is 84.1 Å². The fourth-order valence-corrected chi connectivity index (χ4v) is 7.48. The van der Waals surface area contributed by atoms with E-state index in [1.165, 1.54) is 60.8 Å². The molecular weight excluding hydrogens is 691 g/mol. The van der Waals surface area contributed by atoms with Gasteiger partial charge in [-0.25, -0.2) is 31.3 Å². The van der Waals surface area contributed by atoms with Gasteiger partial charge in [-0.2, -0.15) is 17.5 Å². The molecule has 4 rings (SSSR count). The van der Waals surface area contributed by atoms with Gasteiger partial charge in [0.1, 0.15) is 11.7 Å². The summed E-state index contributed by atoms with van der Waals surface area (Å²) in [7, 11) is -7.88. The van der Waals surface area contributed by atoms with Crippen LogP contribution in [0.5, 0.6) is 0 Å². The van der Waals surface area contributed by atoms with Crippen molar-refractivity contribution in [2.75, 3.05) is 13.1 Å². The summed E-state index contributed by atoms with van der Waals surface area (Å²) in [4.78, 5) is 30.4. The Morgan fingerprint density at radius 1 is 0.980 bits per heavy atom. The van der Waals surface area contributed by atoms with Crippen LogP contribution in [0.4, 0.5) is 17.6 Å². The molecule has 0 aliphatic carbocycles. The van der Waals surface area contributed by atoms with Gasteiger partial charge in [-0.1, -0.05) is 54.6 Å². The molecule has 49 heavy (non-hydrogen) atoms. The number of sulfonamides is 2. The van der Waals surface area contributed by atoms with E-state index in [-0.39, 0.29) is 35.7 Å². The van der Waals surface area contributed by atoms with Crippen LogP contribution >= 0.6 is 0 Å². The maximum Gasteiger partial charge on any atom is 0.407 e. The molecule has 0 saturated carbocycles. The second-order valence-electron chi connectivity index (χ2n) is 12.4. The van der Waals surface area contributed by atoms with Gasteiger partial charge in [0.2, 0.25) is 15.9 Å². The van der Waals surface area contributed by atoms with Crippen LogP contribution in [0.3, 0.4) is 0 Å². The standard InChI is InChI=1S/C32H37F4N5O6S2/c1-31(2,33)18-26(30(43)40-25-6-5-17-41(19-27(25)42)49(46,47)28-7-3-4-16-38-28)39-29(32(34,35)36)24-14-12-23(13-15-24)22-10-8-21(9-11-22)20-48(37,44)45/h3-4,7-16,25-26,29,39H,5-6,17-20H2,1-2H3,(H,40,43)(H2,37,44,45)/t25?,26?,29-/m0/s1. The summed E-state index contributed by atoms with van der Waals surface area (Å²) >= 11 is 0. The molecule has 2 unspecified atom stereocenters. The molecule has 266 valence electrons. The number of nitrogens with zero attached hydrogens (tertiary/aromatic N) is 2. The minimum Gasteiger partial charge on any atom is -0.345 e. The van der Waals surface area contributed by atoms with Crippen LogP contribution in [0.1, 0.15) is 50.3 Å². The predicted molar refractivity (Wildman–Crippen MR) is 173 cm³/mol. The molecule has 0 bridgehead atoms. The molecule has 1 aliphatic rings. The van der Waals surface area contributed by atoms with E-state index in [4.69, 9.17) is 5.14 Å². The van der Waals surface area contributed by atoms with Crippen molar-refractivity contribution >= 4 is 31.7 Å². The van der Waals surface area contributed by atoms with Gasteiger partial charge in [-0.15, -0.1) is 0 Å². The van der Waals surface area contributed by atoms with E-state index in [0.29, 0.717) is 16.7 Å². The molecule has 3 atom stereocenters. The summed E-state index contributed by atoms with van der Waals surface area (Å²) in [5.41, 5.74) is -0.806. The molecule has 1 aromatic heterocycles. The number of amides is 1. The highest BCUT2D eigenvalue weighted by atomic mass is 32.2. The third-order valence-electron chi connectivity index (χ3n) is 7.78. The Kier molecular flexibility index (Phi) is 11.6. The van der Waals surface area contributed by atoms with E-state index < -0.39 is 74.7 Å². The third kappa shape index (κ3) is 10.6. The molecule has 0 radical (unpaired) electrons. The Morgan fingerprint density at radius 3 is 2.12 bits per heavy atom. The van der Waals surface area contributed by atoms with Crippen LogP contribution in [0.15, 0.2) is 78.0 Å². The lowest BCUT2D eigenvalue weighted by molar-refractivity contribution is -0.161. The number of hydrogen-bond acceptors (Lipinski definition) is 8. The zero-order chi connectivity index (χ0) is 36.2. The van der Waals surface area contributed by atoms with E-state index >= 15 is 0 Å². The van der Waals surface area contributed by atoms with E-state index in [0.717, 1.165) is 18.2 Å². The summed E-state index contributed by atoms with van der Waals surface area (Å²) in [6.45, 7) is 1.57. The van der Waals surface area contributed by atoms with Crippen molar-refractivity contribution in [3.63, 3.8) is 0 Å². The molecule has 1 saturated heterocycles. The Morgan fingerprint density at radius 2 is 1.59 bits per heavy atom. The molecule has 1 fully saturated rings. The van der Waals surface area contributed by atoms with Gasteiger partial charge < -0.3 is 5.32 Å². The number of rotatable bonds is 12. The van der Waals surface area contributed by atoms with Crippen molar-refractivity contribution in [2.45, 2.75) is 73.9 Å². The lowest BCUT2D eigenvalue weighted by Gasteiger charge is -2.31. The summed E-state index contributed by atoms with van der Waals surface area (Å²) in [6, 6.07) is 10.5. The number of pyridine rings is 1. The van der Waals surface area contributed by atoms with Crippen molar-refractivity contribution in [1.29, 1.82) is 0 Å². The number of carbonyl (C=O) groups excluding carboxylic acids is 2. The van der Waals surface area contributed by atoms with Gasteiger partial charge >= 0.3 is 6.18 Å². The van der Waals surface area contributed by atoms with Crippen molar-refractivity contribution < 1.29 is 44.0 Å².